The van der Waals surface area contributed by atoms with Crippen LogP contribution in [0.1, 0.15) is 19.8 Å². The number of carbonyl (C=O) groups excluding carboxylic acids is 1. The van der Waals surface area contributed by atoms with Crippen LogP contribution in [0.3, 0.4) is 0 Å². The third-order valence-electron chi connectivity index (χ3n) is 2.59. The summed E-state index contributed by atoms with van der Waals surface area (Å²) in [6.07, 6.45) is 1.12. The molecule has 21 heavy (non-hydrogen) atoms. The molecule has 1 rings (SSSR count). The molecule has 0 aliphatic heterocycles. The molecule has 0 bridgehead atoms. The Morgan fingerprint density at radius 3 is 2.62 bits per heavy atom. The van der Waals surface area contributed by atoms with Gasteiger partial charge in [0.15, 0.2) is 0 Å². The molecule has 1 unspecified atom stereocenters. The zero-order valence-electron chi connectivity index (χ0n) is 11.4. The van der Waals surface area contributed by atoms with Gasteiger partial charge >= 0.3 is 5.97 Å². The van der Waals surface area contributed by atoms with Gasteiger partial charge in [0.2, 0.25) is 5.91 Å². The lowest BCUT2D eigenvalue weighted by Gasteiger charge is -2.13. The van der Waals surface area contributed by atoms with Crippen molar-refractivity contribution in [2.75, 3.05) is 11.9 Å². The fourth-order valence-electron chi connectivity index (χ4n) is 1.60. The van der Waals surface area contributed by atoms with Crippen molar-refractivity contribution < 1.29 is 19.1 Å². The number of carboxylic acids is 1. The Kier molecular flexibility index (Phi) is 8.92. The van der Waals surface area contributed by atoms with Gasteiger partial charge in [-0.25, -0.2) is 4.39 Å². The summed E-state index contributed by atoms with van der Waals surface area (Å²) < 4.78 is 12.8. The zero-order chi connectivity index (χ0) is 15.1. The first kappa shape index (κ1) is 19.6. The Bertz CT molecular complexity index is 500. The highest BCUT2D eigenvalue weighted by atomic mass is 35.5. The molecule has 0 saturated heterocycles. The van der Waals surface area contributed by atoms with Crippen LogP contribution in [0.15, 0.2) is 18.2 Å². The summed E-state index contributed by atoms with van der Waals surface area (Å²) in [5.74, 6) is -1.94. The first-order valence-electron chi connectivity index (χ1n) is 6.15. The van der Waals surface area contributed by atoms with Gasteiger partial charge in [0.05, 0.1) is 17.3 Å². The van der Waals surface area contributed by atoms with E-state index in [1.165, 1.54) is 12.1 Å². The minimum Gasteiger partial charge on any atom is -0.480 e. The van der Waals surface area contributed by atoms with Gasteiger partial charge in [0.1, 0.15) is 11.9 Å². The van der Waals surface area contributed by atoms with Crippen molar-refractivity contribution in [3.8, 4) is 0 Å². The van der Waals surface area contributed by atoms with Gasteiger partial charge in [0.25, 0.3) is 0 Å². The average molecular weight is 339 g/mol. The summed E-state index contributed by atoms with van der Waals surface area (Å²) in [6, 6.07) is 2.83. The number of aliphatic carboxylic acids is 1. The van der Waals surface area contributed by atoms with E-state index in [9.17, 15) is 14.0 Å². The minimum absolute atomic E-state index is 0. The summed E-state index contributed by atoms with van der Waals surface area (Å²) in [5, 5.41) is 14.1. The van der Waals surface area contributed by atoms with Gasteiger partial charge in [-0.3, -0.25) is 14.9 Å². The van der Waals surface area contributed by atoms with Gasteiger partial charge in [-0.15, -0.1) is 12.4 Å². The third kappa shape index (κ3) is 6.75. The van der Waals surface area contributed by atoms with Crippen molar-refractivity contribution in [3.63, 3.8) is 0 Å². The molecule has 1 amide bonds. The standard InChI is InChI=1S/C13H16ClFN2O3.ClH/c1-2-3-11(13(19)20)16-7-12(18)17-10-5-4-8(15)6-9(10)14;/h4-6,11,16H,2-3,7H2,1H3,(H,17,18)(H,19,20);1H. The second-order valence-corrected chi connectivity index (χ2v) is 4.64. The molecule has 0 heterocycles. The zero-order valence-corrected chi connectivity index (χ0v) is 12.9. The average Bonchev–Trinajstić information content (AvgIpc) is 2.37. The van der Waals surface area contributed by atoms with E-state index in [4.69, 9.17) is 16.7 Å². The predicted octanol–water partition coefficient (Wildman–Crippen LogP) is 2.68. The predicted molar refractivity (Wildman–Crippen MR) is 81.6 cm³/mol. The highest BCUT2D eigenvalue weighted by molar-refractivity contribution is 6.33. The fraction of sp³-hybridized carbons (Fsp3) is 0.385. The number of halogens is 3. The van der Waals surface area contributed by atoms with Crippen LogP contribution in [0.25, 0.3) is 0 Å². The Hall–Kier alpha value is -1.37. The van der Waals surface area contributed by atoms with E-state index in [0.717, 1.165) is 6.07 Å². The minimum atomic E-state index is -1.00. The largest absolute Gasteiger partial charge is 0.480 e. The molecule has 0 fully saturated rings. The van der Waals surface area contributed by atoms with Crippen LogP contribution in [0.5, 0.6) is 0 Å². The molecule has 1 atom stereocenters. The lowest BCUT2D eigenvalue weighted by Crippen LogP contribution is -2.41. The number of nitrogens with one attached hydrogen (secondary N) is 2. The van der Waals surface area contributed by atoms with Gasteiger partial charge in [0, 0.05) is 0 Å². The molecule has 3 N–H and O–H groups in total. The van der Waals surface area contributed by atoms with Crippen LogP contribution >= 0.6 is 24.0 Å². The number of carbonyl (C=O) groups is 2. The molecule has 0 saturated carbocycles. The molecule has 1 aromatic carbocycles. The summed E-state index contributed by atoms with van der Waals surface area (Å²) in [7, 11) is 0. The number of anilines is 1. The number of rotatable bonds is 7. The van der Waals surface area contributed by atoms with Crippen molar-refractivity contribution in [1.29, 1.82) is 0 Å². The second-order valence-electron chi connectivity index (χ2n) is 4.23. The summed E-state index contributed by atoms with van der Waals surface area (Å²) in [4.78, 5) is 22.6. The lowest BCUT2D eigenvalue weighted by molar-refractivity contribution is -0.139. The summed E-state index contributed by atoms with van der Waals surface area (Å²) >= 11 is 5.77. The SMILES string of the molecule is CCCC(NCC(=O)Nc1ccc(F)cc1Cl)C(=O)O.Cl. The van der Waals surface area contributed by atoms with Gasteiger partial charge in [-0.1, -0.05) is 24.9 Å². The van der Waals surface area contributed by atoms with E-state index in [1.807, 2.05) is 6.92 Å². The second kappa shape index (κ2) is 9.55. The van der Waals surface area contributed by atoms with Crippen LogP contribution in [-0.2, 0) is 9.59 Å². The topological polar surface area (TPSA) is 78.4 Å². The maximum absolute atomic E-state index is 12.8. The summed E-state index contributed by atoms with van der Waals surface area (Å²) in [6.45, 7) is 1.70. The number of amides is 1. The Balaban J connectivity index is 0.00000400. The van der Waals surface area contributed by atoms with E-state index < -0.39 is 23.7 Å². The van der Waals surface area contributed by atoms with Crippen molar-refractivity contribution >= 4 is 41.6 Å². The lowest BCUT2D eigenvalue weighted by atomic mass is 10.2. The highest BCUT2D eigenvalue weighted by Crippen LogP contribution is 2.22. The summed E-state index contributed by atoms with van der Waals surface area (Å²) in [5.41, 5.74) is 0.280. The first-order valence-corrected chi connectivity index (χ1v) is 6.53. The maximum atomic E-state index is 12.8. The van der Waals surface area contributed by atoms with Gasteiger partial charge in [-0.2, -0.15) is 0 Å². The molecule has 0 radical (unpaired) electrons. The van der Waals surface area contributed by atoms with Crippen molar-refractivity contribution in [2.45, 2.75) is 25.8 Å². The molecule has 1 aromatic rings. The maximum Gasteiger partial charge on any atom is 0.320 e. The molecule has 0 aliphatic rings. The third-order valence-corrected chi connectivity index (χ3v) is 2.90. The van der Waals surface area contributed by atoms with Crippen molar-refractivity contribution in [3.05, 3.63) is 29.0 Å². The first-order chi connectivity index (χ1) is 9.43. The highest BCUT2D eigenvalue weighted by Gasteiger charge is 2.17. The molecular weight excluding hydrogens is 322 g/mol. The number of carboxylic acid groups (broad SMARTS) is 1. The molecule has 8 heteroatoms. The van der Waals surface area contributed by atoms with E-state index >= 15 is 0 Å². The molecule has 5 nitrogen and oxygen atoms in total. The molecule has 0 aliphatic carbocycles. The van der Waals surface area contributed by atoms with Gasteiger partial charge < -0.3 is 10.4 Å². The van der Waals surface area contributed by atoms with Gasteiger partial charge in [-0.05, 0) is 24.6 Å². The smallest absolute Gasteiger partial charge is 0.320 e. The molecule has 118 valence electrons. The molecule has 0 aromatic heterocycles. The van der Waals surface area contributed by atoms with Crippen molar-refractivity contribution in [2.24, 2.45) is 0 Å². The Morgan fingerprint density at radius 2 is 2.10 bits per heavy atom. The van der Waals surface area contributed by atoms with E-state index in [2.05, 4.69) is 10.6 Å². The number of hydrogen-bond acceptors (Lipinski definition) is 3. The molecule has 0 spiro atoms. The van der Waals surface area contributed by atoms with E-state index in [-0.39, 0.29) is 29.7 Å². The normalized spacial score (nSPS) is 11.4. The Labute approximate surface area is 133 Å². The van der Waals surface area contributed by atoms with Crippen molar-refractivity contribution in [1.82, 2.24) is 5.32 Å². The van der Waals surface area contributed by atoms with E-state index in [0.29, 0.717) is 12.8 Å². The molecular formula is C13H17Cl2FN2O3. The monoisotopic (exact) mass is 338 g/mol. The Morgan fingerprint density at radius 1 is 1.43 bits per heavy atom. The van der Waals surface area contributed by atoms with Crippen LogP contribution in [0, 0.1) is 5.82 Å². The van der Waals surface area contributed by atoms with Crippen LogP contribution in [0.2, 0.25) is 5.02 Å². The fourth-order valence-corrected chi connectivity index (χ4v) is 1.82. The quantitative estimate of drug-likeness (QED) is 0.714. The number of benzene rings is 1. The van der Waals surface area contributed by atoms with Crippen LogP contribution in [0.4, 0.5) is 10.1 Å². The van der Waals surface area contributed by atoms with Crippen LogP contribution in [-0.4, -0.2) is 29.6 Å². The van der Waals surface area contributed by atoms with Crippen LogP contribution < -0.4 is 10.6 Å². The van der Waals surface area contributed by atoms with E-state index in [1.54, 1.807) is 0 Å². The number of hydrogen-bond donors (Lipinski definition) is 3.